The number of hydrogen-bond acceptors (Lipinski definition) is 6. The van der Waals surface area contributed by atoms with Crippen LogP contribution in [0.3, 0.4) is 0 Å². The van der Waals surface area contributed by atoms with Crippen molar-refractivity contribution in [2.45, 2.75) is 90.7 Å². The van der Waals surface area contributed by atoms with E-state index in [1.165, 1.54) is 22.3 Å². The van der Waals surface area contributed by atoms with Crippen LogP contribution < -0.4 is 10.6 Å². The van der Waals surface area contributed by atoms with E-state index in [1.54, 1.807) is 11.3 Å². The lowest BCUT2D eigenvalue weighted by atomic mass is 9.76. The van der Waals surface area contributed by atoms with Gasteiger partial charge in [-0.15, -0.1) is 16.3 Å². The van der Waals surface area contributed by atoms with Gasteiger partial charge in [0.05, 0.1) is 17.2 Å². The zero-order valence-electron chi connectivity index (χ0n) is 30.1. The Labute approximate surface area is 299 Å². The molecule has 4 aromatic rings. The Morgan fingerprint density at radius 3 is 2.52 bits per heavy atom. The molecule has 4 unspecified atom stereocenters. The molecule has 3 aromatic heterocycles. The molecule has 1 saturated carbocycles. The molecule has 1 aliphatic carbocycles. The lowest BCUT2D eigenvalue weighted by Gasteiger charge is -2.27. The number of aromatic amines is 1. The maximum atomic E-state index is 14.1. The van der Waals surface area contributed by atoms with Crippen LogP contribution in [0.15, 0.2) is 53.8 Å². The van der Waals surface area contributed by atoms with Gasteiger partial charge in [0, 0.05) is 60.2 Å². The molecule has 5 heterocycles. The molecule has 3 aliphatic rings. The van der Waals surface area contributed by atoms with Gasteiger partial charge in [-0.2, -0.15) is 0 Å². The summed E-state index contributed by atoms with van der Waals surface area (Å²) >= 11 is 1.71. The highest BCUT2D eigenvalue weighted by atomic mass is 32.1. The average Bonchev–Trinajstić information content (AvgIpc) is 3.91. The Balaban J connectivity index is 1.17. The fraction of sp³-hybridized carbons (Fsp3) is 0.500. The number of rotatable bonds is 9. The van der Waals surface area contributed by atoms with Crippen LogP contribution in [0.25, 0.3) is 21.5 Å². The first kappa shape index (κ1) is 34.4. The summed E-state index contributed by atoms with van der Waals surface area (Å²) < 4.78 is 5.43. The van der Waals surface area contributed by atoms with Crippen molar-refractivity contribution in [2.24, 2.45) is 16.8 Å². The van der Waals surface area contributed by atoms with E-state index in [0.29, 0.717) is 42.6 Å². The van der Waals surface area contributed by atoms with E-state index < -0.39 is 11.5 Å². The summed E-state index contributed by atoms with van der Waals surface area (Å²) in [6.07, 6.45) is 6.73. The number of benzene rings is 1. The number of carbonyl (C=O) groups excluding carboxylic acids is 2. The van der Waals surface area contributed by atoms with E-state index in [0.717, 1.165) is 65.2 Å². The van der Waals surface area contributed by atoms with Crippen LogP contribution in [0.2, 0.25) is 0 Å². The number of aryl methyl sites for hydroxylation is 2. The molecule has 1 amide bonds. The summed E-state index contributed by atoms with van der Waals surface area (Å²) in [5.41, 5.74) is 6.55. The molecular weight excluding hydrogens is 645 g/mol. The molecule has 0 spiro atoms. The van der Waals surface area contributed by atoms with Crippen LogP contribution in [-0.2, 0) is 21.4 Å². The number of hydrogen-bond donors (Lipinski definition) is 3. The molecule has 50 heavy (non-hydrogen) atoms. The molecule has 264 valence electrons. The van der Waals surface area contributed by atoms with Gasteiger partial charge < -0.3 is 25.3 Å². The van der Waals surface area contributed by atoms with Crippen LogP contribution in [-0.4, -0.2) is 71.0 Å². The number of piperidine rings is 1. The van der Waals surface area contributed by atoms with Gasteiger partial charge in [-0.3, -0.25) is 9.78 Å². The topological polar surface area (TPSA) is 112 Å². The fourth-order valence-corrected chi connectivity index (χ4v) is 9.64. The zero-order chi connectivity index (χ0) is 35.2. The predicted molar refractivity (Wildman–Crippen MR) is 201 cm³/mol. The first-order chi connectivity index (χ1) is 24.0. The molecule has 4 atom stereocenters. The third-order valence-electron chi connectivity index (χ3n) is 10.9. The number of aromatic nitrogens is 2. The van der Waals surface area contributed by atoms with E-state index in [1.807, 2.05) is 26.2 Å². The normalized spacial score (nSPS) is 22.2. The maximum Gasteiger partial charge on any atom is 0.437 e. The molecule has 1 aromatic carbocycles. The lowest BCUT2D eigenvalue weighted by molar-refractivity contribution is -0.128. The van der Waals surface area contributed by atoms with E-state index in [2.05, 4.69) is 94.6 Å². The summed E-state index contributed by atoms with van der Waals surface area (Å²) in [6, 6.07) is 13.4. The minimum absolute atomic E-state index is 0.101. The van der Waals surface area contributed by atoms with E-state index in [4.69, 9.17) is 4.74 Å². The molecule has 2 aliphatic heterocycles. The Hall–Kier alpha value is -4.02. The van der Waals surface area contributed by atoms with Crippen LogP contribution in [0.5, 0.6) is 0 Å². The number of amides is 1. The molecule has 9 nitrogen and oxygen atoms in total. The number of Topliss-reactive ketones (excluding diaryl/α,β-unsaturated/α-hetero) is 1. The molecule has 2 bridgehead atoms. The summed E-state index contributed by atoms with van der Waals surface area (Å²) in [5, 5.41) is 8.29. The number of fused-ring (bicyclic) bond motifs is 3. The number of nitrogens with zero attached hydrogens (tertiary/aromatic N) is 3. The van der Waals surface area contributed by atoms with E-state index >= 15 is 0 Å². The highest BCUT2D eigenvalue weighted by Crippen LogP contribution is 2.45. The number of H-pyrrole nitrogens is 1. The van der Waals surface area contributed by atoms with Crippen molar-refractivity contribution in [1.29, 1.82) is 0 Å². The number of guanidine groups is 1. The predicted octanol–water partition coefficient (Wildman–Crippen LogP) is 7.28. The number of pyridine rings is 1. The Morgan fingerprint density at radius 1 is 1.10 bits per heavy atom. The third kappa shape index (κ3) is 6.84. The quantitative estimate of drug-likeness (QED) is 0.125. The third-order valence-corrected chi connectivity index (χ3v) is 12.3. The highest BCUT2D eigenvalue weighted by molar-refractivity contribution is 7.19. The first-order valence-corrected chi connectivity index (χ1v) is 19.0. The number of carbonyl (C=O) groups is 2. The minimum Gasteiger partial charge on any atom is -0.445 e. The summed E-state index contributed by atoms with van der Waals surface area (Å²) in [4.78, 5) is 43.7. The van der Waals surface area contributed by atoms with Crippen molar-refractivity contribution in [2.75, 3.05) is 26.2 Å². The van der Waals surface area contributed by atoms with E-state index in [9.17, 15) is 9.59 Å². The van der Waals surface area contributed by atoms with Gasteiger partial charge in [0.1, 0.15) is 10.6 Å². The monoisotopic (exact) mass is 694 g/mol. The van der Waals surface area contributed by atoms with Gasteiger partial charge in [0.2, 0.25) is 5.96 Å². The lowest BCUT2D eigenvalue weighted by Crippen LogP contribution is -2.41. The Morgan fingerprint density at radius 2 is 1.86 bits per heavy atom. The number of thiophene rings is 1. The minimum atomic E-state index is -0.588. The SMILES string of the molecule is Cc1cc(C)cc(-c2[nH]c3sc(C(C)(C)C(=O)C4C5CCC4NC5)cc3c2CCNC(=NC(=O)OC(C)C)N2CCC(c3ccncc3)C2)c1. The second kappa shape index (κ2) is 13.9. The molecule has 0 radical (unpaired) electrons. The van der Waals surface area contributed by atoms with Crippen molar-refractivity contribution in [3.05, 3.63) is 75.9 Å². The smallest absolute Gasteiger partial charge is 0.437 e. The number of likely N-dealkylation sites (tertiary alicyclic amines) is 1. The zero-order valence-corrected chi connectivity index (χ0v) is 31.0. The van der Waals surface area contributed by atoms with Gasteiger partial charge in [-0.25, -0.2) is 4.79 Å². The summed E-state index contributed by atoms with van der Waals surface area (Å²) in [5.74, 6) is 1.80. The van der Waals surface area contributed by atoms with Crippen molar-refractivity contribution >= 4 is 39.4 Å². The van der Waals surface area contributed by atoms with Crippen LogP contribution in [0.4, 0.5) is 4.79 Å². The summed E-state index contributed by atoms with van der Waals surface area (Å²) in [6.45, 7) is 15.2. The summed E-state index contributed by atoms with van der Waals surface area (Å²) in [7, 11) is 0. The highest BCUT2D eigenvalue weighted by Gasteiger charge is 2.50. The second-order valence-electron chi connectivity index (χ2n) is 15.3. The average molecular weight is 695 g/mol. The van der Waals surface area contributed by atoms with E-state index in [-0.39, 0.29) is 12.0 Å². The van der Waals surface area contributed by atoms with Crippen molar-refractivity contribution in [3.63, 3.8) is 0 Å². The molecule has 3 fully saturated rings. The standard InChI is InChI=1S/C40H50N6O3S/c1-23(2)49-39(48)45-38(46-16-12-28(22-46)26-9-13-41-14-10-26)42-15-11-30-31-20-33(40(5,6)36(47)34-27-7-8-32(34)43-21-27)50-37(31)44-35(30)29-18-24(3)17-25(4)19-29/h9-10,13-14,17-20,23,27-28,32,34,43-44H,7-8,11-12,15-16,21-22H2,1-6H3,(H,42,45,48). The van der Waals surface area contributed by atoms with Crippen LogP contribution in [0, 0.1) is 25.7 Å². The Bertz CT molecular complexity index is 1870. The van der Waals surface area contributed by atoms with Crippen molar-refractivity contribution in [1.82, 2.24) is 25.5 Å². The first-order valence-electron chi connectivity index (χ1n) is 18.2. The van der Waals surface area contributed by atoms with Crippen molar-refractivity contribution < 1.29 is 14.3 Å². The van der Waals surface area contributed by atoms with Crippen molar-refractivity contribution in [3.8, 4) is 11.3 Å². The number of nitrogens with one attached hydrogen (secondary N) is 3. The second-order valence-corrected chi connectivity index (χ2v) is 16.4. The van der Waals surface area contributed by atoms with Gasteiger partial charge in [0.25, 0.3) is 0 Å². The Kier molecular flexibility index (Phi) is 9.60. The number of ketones is 1. The molecule has 10 heteroatoms. The molecule has 7 rings (SSSR count). The number of aliphatic imine (C=N–C) groups is 1. The van der Waals surface area contributed by atoms with Gasteiger partial charge in [-0.1, -0.05) is 17.2 Å². The molecular formula is C40H50N6O3S. The van der Waals surface area contributed by atoms with Gasteiger partial charge in [0.15, 0.2) is 0 Å². The van der Waals surface area contributed by atoms with Gasteiger partial charge >= 0.3 is 6.09 Å². The fourth-order valence-electron chi connectivity index (χ4n) is 8.44. The number of ether oxygens (including phenoxy) is 1. The molecule has 3 N–H and O–H groups in total. The maximum absolute atomic E-state index is 14.1. The van der Waals surface area contributed by atoms with Gasteiger partial charge in [-0.05, 0) is 127 Å². The van der Waals surface area contributed by atoms with Crippen LogP contribution in [0.1, 0.15) is 80.0 Å². The largest absolute Gasteiger partial charge is 0.445 e. The van der Waals surface area contributed by atoms with Crippen LogP contribution >= 0.6 is 11.3 Å². The molecule has 2 saturated heterocycles.